The Morgan fingerprint density at radius 3 is 2.88 bits per heavy atom. The van der Waals surface area contributed by atoms with E-state index < -0.39 is 0 Å². The summed E-state index contributed by atoms with van der Waals surface area (Å²) in [5.41, 5.74) is 4.59. The maximum atomic E-state index is 4.89. The van der Waals surface area contributed by atoms with Crippen molar-refractivity contribution in [1.82, 2.24) is 10.3 Å². The van der Waals surface area contributed by atoms with Crippen molar-refractivity contribution in [3.63, 3.8) is 0 Å². The van der Waals surface area contributed by atoms with E-state index in [0.717, 1.165) is 34.2 Å². The quantitative estimate of drug-likeness (QED) is 0.647. The van der Waals surface area contributed by atoms with Crippen molar-refractivity contribution in [2.24, 2.45) is 0 Å². The van der Waals surface area contributed by atoms with Gasteiger partial charge in [-0.25, -0.2) is 4.98 Å². The van der Waals surface area contributed by atoms with Gasteiger partial charge >= 0.3 is 0 Å². The maximum Gasteiger partial charge on any atom is 0.0712 e. The van der Waals surface area contributed by atoms with E-state index in [4.69, 9.17) is 4.98 Å². The monoisotopic (exact) mass is 396 g/mol. The lowest BCUT2D eigenvalue weighted by Crippen LogP contribution is -2.35. The molecule has 1 fully saturated rings. The first-order valence-electron chi connectivity index (χ1n) is 8.98. The van der Waals surface area contributed by atoms with Crippen LogP contribution >= 0.6 is 15.9 Å². The SMILES string of the molecule is C=C(Br)/C=C\C(=C/C)c1cc(CC2CCCCN2)c2ccccc2n1. The lowest BCUT2D eigenvalue weighted by atomic mass is 9.94. The fraction of sp³-hybridized carbons (Fsp3) is 0.318. The molecule has 0 saturated carbocycles. The number of hydrogen-bond acceptors (Lipinski definition) is 2. The van der Waals surface area contributed by atoms with Crippen LogP contribution in [0.1, 0.15) is 37.4 Å². The second-order valence-electron chi connectivity index (χ2n) is 6.56. The van der Waals surface area contributed by atoms with Crippen molar-refractivity contribution >= 4 is 32.4 Å². The number of nitrogens with one attached hydrogen (secondary N) is 1. The van der Waals surface area contributed by atoms with Gasteiger partial charge in [0.15, 0.2) is 0 Å². The van der Waals surface area contributed by atoms with Crippen molar-refractivity contribution in [3.8, 4) is 0 Å². The van der Waals surface area contributed by atoms with Gasteiger partial charge in [-0.2, -0.15) is 0 Å². The molecule has 1 aliphatic heterocycles. The van der Waals surface area contributed by atoms with Crippen molar-refractivity contribution in [2.45, 2.75) is 38.6 Å². The highest BCUT2D eigenvalue weighted by molar-refractivity contribution is 9.11. The first-order chi connectivity index (χ1) is 12.2. The fourth-order valence-corrected chi connectivity index (χ4v) is 3.57. The summed E-state index contributed by atoms with van der Waals surface area (Å²) in [5.74, 6) is 0. The average Bonchev–Trinajstić information content (AvgIpc) is 2.63. The highest BCUT2D eigenvalue weighted by atomic mass is 79.9. The third-order valence-corrected chi connectivity index (χ3v) is 5.00. The zero-order chi connectivity index (χ0) is 17.6. The molecule has 0 amide bonds. The predicted octanol–water partition coefficient (Wildman–Crippen LogP) is 5.79. The Morgan fingerprint density at radius 1 is 1.32 bits per heavy atom. The standard InChI is InChI=1S/C22H25BrN2/c1-3-17(12-11-16(2)23)22-15-18(14-19-8-6-7-13-24-19)20-9-4-5-10-21(20)25-22/h3-5,9-12,15,19,24H,2,6-8,13-14H2,1H3/b12-11-,17-3+. The second-order valence-corrected chi connectivity index (χ2v) is 7.58. The minimum Gasteiger partial charge on any atom is -0.314 e. The third kappa shape index (κ3) is 4.68. The van der Waals surface area contributed by atoms with Gasteiger partial charge in [0.25, 0.3) is 0 Å². The molecule has 2 heterocycles. The molecule has 1 unspecified atom stereocenters. The molecule has 130 valence electrons. The highest BCUT2D eigenvalue weighted by Gasteiger charge is 2.16. The molecule has 1 aromatic carbocycles. The van der Waals surface area contributed by atoms with E-state index in [-0.39, 0.29) is 0 Å². The van der Waals surface area contributed by atoms with E-state index >= 15 is 0 Å². The van der Waals surface area contributed by atoms with Crippen molar-refractivity contribution in [2.75, 3.05) is 6.54 Å². The minimum atomic E-state index is 0.569. The van der Waals surface area contributed by atoms with Gasteiger partial charge in [0.2, 0.25) is 0 Å². The number of benzene rings is 1. The Hall–Kier alpha value is -1.71. The van der Waals surface area contributed by atoms with Crippen LogP contribution in [0.2, 0.25) is 0 Å². The topological polar surface area (TPSA) is 24.9 Å². The molecule has 0 spiro atoms. The Labute approximate surface area is 158 Å². The molecule has 3 rings (SSSR count). The molecule has 1 aliphatic rings. The summed E-state index contributed by atoms with van der Waals surface area (Å²) in [6, 6.07) is 11.3. The number of para-hydroxylation sites is 1. The molecule has 0 aliphatic carbocycles. The van der Waals surface area contributed by atoms with Crippen LogP contribution in [-0.2, 0) is 6.42 Å². The van der Waals surface area contributed by atoms with E-state index in [1.807, 2.05) is 6.08 Å². The number of nitrogens with zero attached hydrogens (tertiary/aromatic N) is 1. The molecular formula is C22H25BrN2. The molecule has 3 heteroatoms. The van der Waals surface area contributed by atoms with Crippen LogP contribution in [0.25, 0.3) is 16.5 Å². The summed E-state index contributed by atoms with van der Waals surface area (Å²) in [7, 11) is 0. The first kappa shape index (κ1) is 18.1. The number of hydrogen-bond donors (Lipinski definition) is 1. The summed E-state index contributed by atoms with van der Waals surface area (Å²) in [5, 5.41) is 4.93. The molecule has 1 N–H and O–H groups in total. The van der Waals surface area contributed by atoms with E-state index in [1.165, 1.54) is 30.2 Å². The lowest BCUT2D eigenvalue weighted by Gasteiger charge is -2.24. The summed E-state index contributed by atoms with van der Waals surface area (Å²) in [6.07, 6.45) is 11.1. The average molecular weight is 397 g/mol. The highest BCUT2D eigenvalue weighted by Crippen LogP contribution is 2.25. The van der Waals surface area contributed by atoms with Gasteiger partial charge in [-0.05, 0) is 62.1 Å². The first-order valence-corrected chi connectivity index (χ1v) is 9.78. The summed E-state index contributed by atoms with van der Waals surface area (Å²) in [6.45, 7) is 7.06. The van der Waals surface area contributed by atoms with Gasteiger partial charge in [-0.3, -0.25) is 0 Å². The smallest absolute Gasteiger partial charge is 0.0712 e. The van der Waals surface area contributed by atoms with Crippen LogP contribution < -0.4 is 5.32 Å². The maximum absolute atomic E-state index is 4.89. The Balaban J connectivity index is 2.00. The molecule has 2 aromatic rings. The van der Waals surface area contributed by atoms with Crippen LogP contribution in [-0.4, -0.2) is 17.6 Å². The molecule has 1 saturated heterocycles. The van der Waals surface area contributed by atoms with Crippen LogP contribution in [0.5, 0.6) is 0 Å². The molecule has 1 atom stereocenters. The van der Waals surface area contributed by atoms with Crippen LogP contribution in [0.3, 0.4) is 0 Å². The summed E-state index contributed by atoms with van der Waals surface area (Å²) >= 11 is 3.39. The number of aromatic nitrogens is 1. The van der Waals surface area contributed by atoms with Crippen molar-refractivity contribution in [3.05, 3.63) is 70.9 Å². The second kappa shape index (κ2) is 8.59. The van der Waals surface area contributed by atoms with Gasteiger partial charge in [0.1, 0.15) is 0 Å². The van der Waals surface area contributed by atoms with Gasteiger partial charge in [0.05, 0.1) is 11.2 Å². The zero-order valence-electron chi connectivity index (χ0n) is 14.8. The minimum absolute atomic E-state index is 0.569. The van der Waals surface area contributed by atoms with Gasteiger partial charge in [-0.15, -0.1) is 0 Å². The van der Waals surface area contributed by atoms with Crippen LogP contribution in [0.4, 0.5) is 0 Å². The summed E-state index contributed by atoms with van der Waals surface area (Å²) < 4.78 is 0.860. The lowest BCUT2D eigenvalue weighted by molar-refractivity contribution is 0.400. The Morgan fingerprint density at radius 2 is 2.16 bits per heavy atom. The molecule has 25 heavy (non-hydrogen) atoms. The zero-order valence-corrected chi connectivity index (χ0v) is 16.3. The third-order valence-electron chi connectivity index (χ3n) is 4.73. The van der Waals surface area contributed by atoms with Gasteiger partial charge in [0, 0.05) is 15.9 Å². The number of allylic oxidation sites excluding steroid dienone is 5. The van der Waals surface area contributed by atoms with Gasteiger partial charge < -0.3 is 5.32 Å². The number of fused-ring (bicyclic) bond motifs is 1. The van der Waals surface area contributed by atoms with Crippen LogP contribution in [0, 0.1) is 0 Å². The normalized spacial score (nSPS) is 18.8. The largest absolute Gasteiger partial charge is 0.314 e. The Bertz CT molecular complexity index is 814. The van der Waals surface area contributed by atoms with E-state index in [1.54, 1.807) is 0 Å². The Kier molecular flexibility index (Phi) is 6.22. The number of pyridine rings is 1. The molecule has 1 aromatic heterocycles. The van der Waals surface area contributed by atoms with Gasteiger partial charge in [-0.1, -0.05) is 59.3 Å². The summed E-state index contributed by atoms with van der Waals surface area (Å²) in [4.78, 5) is 4.89. The van der Waals surface area contributed by atoms with Crippen LogP contribution in [0.15, 0.2) is 59.6 Å². The van der Waals surface area contributed by atoms with E-state index in [9.17, 15) is 0 Å². The number of halogens is 1. The molecule has 0 bridgehead atoms. The molecule has 0 radical (unpaired) electrons. The van der Waals surface area contributed by atoms with Crippen molar-refractivity contribution < 1.29 is 0 Å². The fourth-order valence-electron chi connectivity index (χ4n) is 3.44. The predicted molar refractivity (Wildman–Crippen MR) is 112 cm³/mol. The van der Waals surface area contributed by atoms with E-state index in [0.29, 0.717) is 6.04 Å². The molecular weight excluding hydrogens is 372 g/mol. The van der Waals surface area contributed by atoms with E-state index in [2.05, 4.69) is 77.2 Å². The van der Waals surface area contributed by atoms with Crippen molar-refractivity contribution in [1.29, 1.82) is 0 Å². The number of piperidine rings is 1. The number of rotatable bonds is 5. The molecule has 2 nitrogen and oxygen atoms in total.